The van der Waals surface area contributed by atoms with E-state index in [4.69, 9.17) is 4.74 Å². The molecule has 1 fully saturated rings. The Morgan fingerprint density at radius 3 is 2.45 bits per heavy atom. The summed E-state index contributed by atoms with van der Waals surface area (Å²) in [6.07, 6.45) is 2.28. The van der Waals surface area contributed by atoms with Crippen LogP contribution in [0.2, 0.25) is 0 Å². The lowest BCUT2D eigenvalue weighted by molar-refractivity contribution is 0.0292. The Morgan fingerprint density at radius 2 is 1.95 bits per heavy atom. The highest BCUT2D eigenvalue weighted by molar-refractivity contribution is 7.91. The van der Waals surface area contributed by atoms with Crippen LogP contribution in [0.4, 0.5) is 4.79 Å². The molecule has 1 rings (SSSR count). The molecule has 1 saturated heterocycles. The van der Waals surface area contributed by atoms with Gasteiger partial charge in [-0.15, -0.1) is 0 Å². The van der Waals surface area contributed by atoms with Crippen LogP contribution in [0.15, 0.2) is 4.40 Å². The molecule has 0 saturated carbocycles. The second-order valence-corrected chi connectivity index (χ2v) is 9.02. The van der Waals surface area contributed by atoms with Crippen LogP contribution < -0.4 is 0 Å². The maximum Gasteiger partial charge on any atom is 0.410 e. The summed E-state index contributed by atoms with van der Waals surface area (Å²) in [5.41, 5.74) is -0.475. The molecule has 1 aliphatic rings. The summed E-state index contributed by atoms with van der Waals surface area (Å²) >= 11 is -1.24. The SMILES string of the molecule is CC(C)(C)OC(=O)N1CCC(C=N[S+]([O-])C(C)(C)C)C1. The van der Waals surface area contributed by atoms with Crippen molar-refractivity contribution in [1.29, 1.82) is 0 Å². The van der Waals surface area contributed by atoms with Crippen molar-refractivity contribution >= 4 is 23.7 Å². The lowest BCUT2D eigenvalue weighted by Crippen LogP contribution is -2.35. The molecule has 6 heteroatoms. The number of carbonyl (C=O) groups is 1. The van der Waals surface area contributed by atoms with Crippen molar-refractivity contribution in [2.45, 2.75) is 58.3 Å². The molecule has 0 aromatic carbocycles. The zero-order valence-electron chi connectivity index (χ0n) is 13.3. The third-order valence-corrected chi connectivity index (χ3v) is 4.13. The minimum Gasteiger partial charge on any atom is -0.591 e. The highest BCUT2D eigenvalue weighted by Gasteiger charge is 2.30. The summed E-state index contributed by atoms with van der Waals surface area (Å²) in [6.45, 7) is 12.5. The first-order chi connectivity index (χ1) is 8.99. The predicted molar refractivity (Wildman–Crippen MR) is 82.3 cm³/mol. The molecule has 0 N–H and O–H groups in total. The molecule has 0 spiro atoms. The molecule has 20 heavy (non-hydrogen) atoms. The molecule has 1 amide bonds. The van der Waals surface area contributed by atoms with Crippen molar-refractivity contribution in [2.24, 2.45) is 10.3 Å². The minimum atomic E-state index is -1.24. The standard InChI is InChI=1S/C14H26N2O3S/c1-13(2,3)19-12(17)16-8-7-11(10-16)9-15-20(18)14(4,5)6/h9,11H,7-8,10H2,1-6H3. The van der Waals surface area contributed by atoms with E-state index >= 15 is 0 Å². The normalized spacial score (nSPS) is 22.4. The van der Waals surface area contributed by atoms with Crippen molar-refractivity contribution in [3.8, 4) is 0 Å². The molecule has 1 heterocycles. The highest BCUT2D eigenvalue weighted by Crippen LogP contribution is 2.20. The number of carbonyl (C=O) groups excluding carboxylic acids is 1. The van der Waals surface area contributed by atoms with Gasteiger partial charge in [0, 0.05) is 19.0 Å². The van der Waals surface area contributed by atoms with Crippen LogP contribution in [0, 0.1) is 5.92 Å². The number of nitrogens with zero attached hydrogens (tertiary/aromatic N) is 2. The van der Waals surface area contributed by atoms with Gasteiger partial charge in [-0.25, -0.2) is 4.79 Å². The number of ether oxygens (including phenoxy) is 1. The molecule has 1 aliphatic heterocycles. The van der Waals surface area contributed by atoms with Crippen LogP contribution in [0.1, 0.15) is 48.0 Å². The Morgan fingerprint density at radius 1 is 1.35 bits per heavy atom. The summed E-state index contributed by atoms with van der Waals surface area (Å²) in [6, 6.07) is 0. The molecule has 0 aromatic rings. The molecule has 2 atom stereocenters. The number of amides is 1. The third-order valence-electron chi connectivity index (χ3n) is 2.77. The molecule has 5 nitrogen and oxygen atoms in total. The van der Waals surface area contributed by atoms with E-state index in [9.17, 15) is 9.35 Å². The average molecular weight is 302 g/mol. The van der Waals surface area contributed by atoms with Crippen molar-refractivity contribution < 1.29 is 14.1 Å². The van der Waals surface area contributed by atoms with E-state index in [2.05, 4.69) is 4.40 Å². The Balaban J connectivity index is 2.48. The van der Waals surface area contributed by atoms with Gasteiger partial charge in [-0.1, -0.05) is 4.40 Å². The molecule has 116 valence electrons. The van der Waals surface area contributed by atoms with Crippen LogP contribution in [0.3, 0.4) is 0 Å². The van der Waals surface area contributed by atoms with E-state index in [0.29, 0.717) is 13.1 Å². The first-order valence-corrected chi connectivity index (χ1v) is 8.04. The monoisotopic (exact) mass is 302 g/mol. The van der Waals surface area contributed by atoms with Crippen LogP contribution in [-0.2, 0) is 16.1 Å². The molecule has 0 radical (unpaired) electrons. The van der Waals surface area contributed by atoms with E-state index in [1.165, 1.54) is 0 Å². The van der Waals surface area contributed by atoms with Crippen molar-refractivity contribution in [3.63, 3.8) is 0 Å². The largest absolute Gasteiger partial charge is 0.591 e. The fraction of sp³-hybridized carbons (Fsp3) is 0.857. The molecule has 0 bridgehead atoms. The van der Waals surface area contributed by atoms with Crippen LogP contribution >= 0.6 is 0 Å². The molecule has 0 aromatic heterocycles. The summed E-state index contributed by atoms with van der Waals surface area (Å²) in [5.74, 6) is 0.161. The van der Waals surface area contributed by atoms with E-state index in [1.807, 2.05) is 41.5 Å². The van der Waals surface area contributed by atoms with Gasteiger partial charge in [0.1, 0.15) is 21.7 Å². The Kier molecular flexibility index (Phi) is 5.49. The van der Waals surface area contributed by atoms with Crippen LogP contribution in [0.5, 0.6) is 0 Å². The second kappa shape index (κ2) is 6.35. The summed E-state index contributed by atoms with van der Waals surface area (Å²) in [4.78, 5) is 13.6. The van der Waals surface area contributed by atoms with Gasteiger partial charge in [-0.3, -0.25) is 0 Å². The summed E-state index contributed by atoms with van der Waals surface area (Å²) in [5, 5.41) is 0. The Bertz CT molecular complexity index is 372. The topological polar surface area (TPSA) is 65.0 Å². The van der Waals surface area contributed by atoms with E-state index in [0.717, 1.165) is 6.42 Å². The highest BCUT2D eigenvalue weighted by atomic mass is 32.2. The molecular formula is C14H26N2O3S. The number of hydrogen-bond donors (Lipinski definition) is 0. The van der Waals surface area contributed by atoms with Gasteiger partial charge in [0.05, 0.1) is 6.21 Å². The first kappa shape index (κ1) is 17.3. The number of rotatable bonds is 2. The molecule has 0 aliphatic carbocycles. The van der Waals surface area contributed by atoms with Gasteiger partial charge in [-0.05, 0) is 48.0 Å². The fourth-order valence-electron chi connectivity index (χ4n) is 1.70. The van der Waals surface area contributed by atoms with Gasteiger partial charge in [0.2, 0.25) is 0 Å². The van der Waals surface area contributed by atoms with Gasteiger partial charge in [0.15, 0.2) is 0 Å². The Labute approximate surface area is 125 Å². The van der Waals surface area contributed by atoms with E-state index < -0.39 is 17.0 Å². The average Bonchev–Trinajstić information content (AvgIpc) is 2.70. The predicted octanol–water partition coefficient (Wildman–Crippen LogP) is 2.78. The van der Waals surface area contributed by atoms with Gasteiger partial charge >= 0.3 is 6.09 Å². The molecular weight excluding hydrogens is 276 g/mol. The van der Waals surface area contributed by atoms with Gasteiger partial charge in [0.25, 0.3) is 0 Å². The summed E-state index contributed by atoms with van der Waals surface area (Å²) in [7, 11) is 0. The van der Waals surface area contributed by atoms with Crippen molar-refractivity contribution in [3.05, 3.63) is 0 Å². The van der Waals surface area contributed by atoms with Crippen LogP contribution in [-0.4, -0.2) is 45.2 Å². The van der Waals surface area contributed by atoms with E-state index in [-0.39, 0.29) is 16.8 Å². The van der Waals surface area contributed by atoms with Crippen molar-refractivity contribution in [1.82, 2.24) is 4.90 Å². The minimum absolute atomic E-state index is 0.161. The quantitative estimate of drug-likeness (QED) is 0.582. The maximum atomic E-state index is 11.9. The smallest absolute Gasteiger partial charge is 0.410 e. The fourth-order valence-corrected chi connectivity index (χ4v) is 2.30. The number of likely N-dealkylation sites (tertiary alicyclic amines) is 1. The van der Waals surface area contributed by atoms with Crippen molar-refractivity contribution in [2.75, 3.05) is 13.1 Å². The maximum absolute atomic E-state index is 11.9. The summed E-state index contributed by atoms with van der Waals surface area (Å²) < 4.78 is 20.9. The van der Waals surface area contributed by atoms with Gasteiger partial charge in [-0.2, -0.15) is 0 Å². The molecule has 2 unspecified atom stereocenters. The third kappa shape index (κ3) is 5.71. The first-order valence-electron chi connectivity index (χ1n) is 6.93. The van der Waals surface area contributed by atoms with Crippen LogP contribution in [0.25, 0.3) is 0 Å². The second-order valence-electron chi connectivity index (χ2n) is 7.09. The zero-order valence-corrected chi connectivity index (χ0v) is 14.1. The lowest BCUT2D eigenvalue weighted by atomic mass is 10.1. The zero-order chi connectivity index (χ0) is 15.6. The lowest BCUT2D eigenvalue weighted by Gasteiger charge is -2.24. The van der Waals surface area contributed by atoms with Gasteiger partial charge < -0.3 is 14.2 Å². The Hall–Kier alpha value is -0.750. The number of hydrogen-bond acceptors (Lipinski definition) is 4. The van der Waals surface area contributed by atoms with E-state index in [1.54, 1.807) is 11.1 Å².